The fourth-order valence-corrected chi connectivity index (χ4v) is 1.90. The topological polar surface area (TPSA) is 46.2 Å². The van der Waals surface area contributed by atoms with Crippen LogP contribution in [0.1, 0.15) is 25.3 Å². The molecule has 0 spiro atoms. The van der Waals surface area contributed by atoms with E-state index in [0.29, 0.717) is 5.56 Å². The molecule has 0 bridgehead atoms. The summed E-state index contributed by atoms with van der Waals surface area (Å²) in [5.41, 5.74) is 0.501. The molecule has 1 N–H and O–H groups in total. The normalized spacial score (nSPS) is 11.9. The Morgan fingerprint density at radius 2 is 1.69 bits per heavy atom. The van der Waals surface area contributed by atoms with Crippen molar-refractivity contribution in [3.8, 4) is 0 Å². The molecule has 0 saturated heterocycles. The summed E-state index contributed by atoms with van der Waals surface area (Å²) < 4.78 is 50.2. The molecule has 90 valence electrons. The number of hydrogen-bond donors (Lipinski definition) is 1. The highest BCUT2D eigenvalue weighted by Gasteiger charge is 2.14. The molecule has 0 fully saturated rings. The summed E-state index contributed by atoms with van der Waals surface area (Å²) in [5.74, 6) is -2.17. The molecule has 0 radical (unpaired) electrons. The van der Waals surface area contributed by atoms with Crippen LogP contribution in [0.5, 0.6) is 0 Å². The third kappa shape index (κ3) is 3.16. The van der Waals surface area contributed by atoms with Crippen LogP contribution in [0, 0.1) is 11.6 Å². The predicted octanol–water partition coefficient (Wildman–Crippen LogP) is 2.46. The monoisotopic (exact) mass is 249 g/mol. The van der Waals surface area contributed by atoms with Gasteiger partial charge in [-0.1, -0.05) is 13.8 Å². The second-order valence-electron chi connectivity index (χ2n) is 3.88. The van der Waals surface area contributed by atoms with Crippen LogP contribution in [0.25, 0.3) is 0 Å². The highest BCUT2D eigenvalue weighted by Crippen LogP contribution is 2.27. The second-order valence-corrected chi connectivity index (χ2v) is 5.63. The lowest BCUT2D eigenvalue weighted by Crippen LogP contribution is -2.12. The van der Waals surface area contributed by atoms with Crippen molar-refractivity contribution >= 4 is 15.7 Å². The van der Waals surface area contributed by atoms with E-state index in [9.17, 15) is 17.2 Å². The molecule has 16 heavy (non-hydrogen) atoms. The molecule has 6 heteroatoms. The molecular weight excluding hydrogens is 236 g/mol. The van der Waals surface area contributed by atoms with Gasteiger partial charge < -0.3 is 0 Å². The van der Waals surface area contributed by atoms with Gasteiger partial charge in [-0.25, -0.2) is 17.2 Å². The maximum atomic E-state index is 13.0. The Morgan fingerprint density at radius 3 is 2.12 bits per heavy atom. The smallest absolute Gasteiger partial charge is 0.229 e. The summed E-state index contributed by atoms with van der Waals surface area (Å²) in [6.45, 7) is 3.53. The lowest BCUT2D eigenvalue weighted by Gasteiger charge is -2.14. The lowest BCUT2D eigenvalue weighted by molar-refractivity contribution is 0.507. The van der Waals surface area contributed by atoms with E-state index in [1.54, 1.807) is 13.8 Å². The van der Waals surface area contributed by atoms with Crippen molar-refractivity contribution in [1.29, 1.82) is 0 Å². The Kier molecular flexibility index (Phi) is 3.52. The van der Waals surface area contributed by atoms with E-state index in [0.717, 1.165) is 18.4 Å². The molecule has 0 saturated carbocycles. The van der Waals surface area contributed by atoms with Gasteiger partial charge in [-0.3, -0.25) is 4.72 Å². The quantitative estimate of drug-likeness (QED) is 0.894. The summed E-state index contributed by atoms with van der Waals surface area (Å²) in [6.07, 6.45) is 0.957. The van der Waals surface area contributed by atoms with Gasteiger partial charge in [-0.15, -0.1) is 0 Å². The number of hydrogen-bond acceptors (Lipinski definition) is 2. The molecule has 0 aliphatic heterocycles. The van der Waals surface area contributed by atoms with Gasteiger partial charge in [0, 0.05) is 6.07 Å². The van der Waals surface area contributed by atoms with Gasteiger partial charge in [-0.2, -0.15) is 0 Å². The van der Waals surface area contributed by atoms with Crippen LogP contribution in [0.15, 0.2) is 12.1 Å². The van der Waals surface area contributed by atoms with Crippen LogP contribution in [0.2, 0.25) is 0 Å². The molecule has 0 aliphatic carbocycles. The van der Waals surface area contributed by atoms with Gasteiger partial charge in [-0.05, 0) is 17.5 Å². The van der Waals surface area contributed by atoms with E-state index in [1.165, 1.54) is 0 Å². The third-order valence-electron chi connectivity index (χ3n) is 2.01. The van der Waals surface area contributed by atoms with Gasteiger partial charge in [0.25, 0.3) is 0 Å². The summed E-state index contributed by atoms with van der Waals surface area (Å²) in [7, 11) is -3.50. The van der Waals surface area contributed by atoms with Crippen LogP contribution in [-0.2, 0) is 10.0 Å². The Bertz CT molecular complexity index is 498. The molecule has 0 heterocycles. The van der Waals surface area contributed by atoms with Crippen LogP contribution >= 0.6 is 0 Å². The number of rotatable bonds is 3. The van der Waals surface area contributed by atoms with Crippen LogP contribution in [0.4, 0.5) is 14.5 Å². The van der Waals surface area contributed by atoms with E-state index in [4.69, 9.17) is 0 Å². The van der Waals surface area contributed by atoms with Crippen molar-refractivity contribution in [3.63, 3.8) is 0 Å². The minimum atomic E-state index is -3.50. The van der Waals surface area contributed by atoms with Gasteiger partial charge in [0.15, 0.2) is 11.6 Å². The lowest BCUT2D eigenvalue weighted by atomic mass is 10.0. The molecule has 1 aromatic carbocycles. The maximum absolute atomic E-state index is 13.0. The average Bonchev–Trinajstić information content (AvgIpc) is 2.07. The molecule has 0 atom stereocenters. The zero-order chi connectivity index (χ0) is 12.5. The number of sulfonamides is 1. The summed E-state index contributed by atoms with van der Waals surface area (Å²) in [4.78, 5) is 0. The van der Waals surface area contributed by atoms with Crippen LogP contribution in [-0.4, -0.2) is 14.7 Å². The molecule has 0 aliphatic rings. The fraction of sp³-hybridized carbons (Fsp3) is 0.400. The van der Waals surface area contributed by atoms with Crippen LogP contribution in [0.3, 0.4) is 0 Å². The van der Waals surface area contributed by atoms with E-state index < -0.39 is 21.7 Å². The van der Waals surface area contributed by atoms with Crippen molar-refractivity contribution < 1.29 is 17.2 Å². The largest absolute Gasteiger partial charge is 0.283 e. The minimum absolute atomic E-state index is 0.0800. The van der Waals surface area contributed by atoms with Crippen molar-refractivity contribution in [2.45, 2.75) is 19.8 Å². The van der Waals surface area contributed by atoms with Crippen molar-refractivity contribution in [1.82, 2.24) is 0 Å². The maximum Gasteiger partial charge on any atom is 0.229 e. The van der Waals surface area contributed by atoms with E-state index in [-0.39, 0.29) is 11.6 Å². The van der Waals surface area contributed by atoms with Gasteiger partial charge in [0.1, 0.15) is 0 Å². The highest BCUT2D eigenvalue weighted by molar-refractivity contribution is 7.92. The van der Waals surface area contributed by atoms with Crippen molar-refractivity contribution in [2.75, 3.05) is 11.0 Å². The van der Waals surface area contributed by atoms with Crippen molar-refractivity contribution in [3.05, 3.63) is 29.3 Å². The van der Waals surface area contributed by atoms with E-state index in [1.807, 2.05) is 0 Å². The summed E-state index contributed by atoms with van der Waals surface area (Å²) >= 11 is 0. The predicted molar refractivity (Wildman–Crippen MR) is 58.9 cm³/mol. The summed E-state index contributed by atoms with van der Waals surface area (Å²) in [6, 6.07) is 1.86. The molecule has 0 unspecified atom stereocenters. The highest BCUT2D eigenvalue weighted by atomic mass is 32.2. The first kappa shape index (κ1) is 12.9. The molecule has 1 rings (SSSR count). The first-order valence-corrected chi connectivity index (χ1v) is 6.56. The zero-order valence-corrected chi connectivity index (χ0v) is 10.0. The summed E-state index contributed by atoms with van der Waals surface area (Å²) in [5, 5.41) is 0. The average molecular weight is 249 g/mol. The Balaban J connectivity index is 3.31. The first-order chi connectivity index (χ1) is 7.20. The third-order valence-corrected chi connectivity index (χ3v) is 2.60. The Hall–Kier alpha value is -1.17. The van der Waals surface area contributed by atoms with E-state index >= 15 is 0 Å². The van der Waals surface area contributed by atoms with Crippen molar-refractivity contribution in [2.24, 2.45) is 0 Å². The Morgan fingerprint density at radius 1 is 1.19 bits per heavy atom. The second kappa shape index (κ2) is 4.37. The van der Waals surface area contributed by atoms with Gasteiger partial charge in [0.05, 0.1) is 11.9 Å². The molecule has 0 amide bonds. The standard InChI is InChI=1S/C10H13F2NO2S/c1-6(2)7-4-8(11)9(12)5-10(7)13-16(3,14)15/h4-6,13H,1-3H3. The molecule has 1 aromatic rings. The SMILES string of the molecule is CC(C)c1cc(F)c(F)cc1NS(C)(=O)=O. The molecular formula is C10H13F2NO2S. The zero-order valence-electron chi connectivity index (χ0n) is 9.21. The fourth-order valence-electron chi connectivity index (χ4n) is 1.33. The van der Waals surface area contributed by atoms with Crippen LogP contribution < -0.4 is 4.72 Å². The number of halogens is 2. The van der Waals surface area contributed by atoms with Gasteiger partial charge in [0.2, 0.25) is 10.0 Å². The minimum Gasteiger partial charge on any atom is -0.283 e. The van der Waals surface area contributed by atoms with E-state index in [2.05, 4.69) is 4.72 Å². The first-order valence-electron chi connectivity index (χ1n) is 4.67. The molecule has 0 aromatic heterocycles. The number of nitrogens with one attached hydrogen (secondary N) is 1. The Labute approximate surface area is 93.5 Å². The molecule has 3 nitrogen and oxygen atoms in total. The number of benzene rings is 1. The van der Waals surface area contributed by atoms with Gasteiger partial charge >= 0.3 is 0 Å². The number of anilines is 1.